The zero-order valence-electron chi connectivity index (χ0n) is 64.0. The maximum absolute atomic E-state index is 15.0. The molecule has 1 unspecified atom stereocenters. The van der Waals surface area contributed by atoms with Crippen molar-refractivity contribution in [1.29, 1.82) is 0 Å². The first-order valence-corrected chi connectivity index (χ1v) is 47.1. The van der Waals surface area contributed by atoms with Gasteiger partial charge in [-0.3, -0.25) is 37.7 Å². The van der Waals surface area contributed by atoms with Crippen molar-refractivity contribution in [2.24, 2.45) is 25.9 Å². The number of aryl methyl sites for hydroxylation is 6. The number of rotatable bonds is 11. The molecule has 8 aromatic heterocycles. The number of fused-ring (bicyclic) bond motifs is 4. The first-order valence-electron chi connectivity index (χ1n) is 37.2. The van der Waals surface area contributed by atoms with E-state index in [0.29, 0.717) is 120 Å². The van der Waals surface area contributed by atoms with Gasteiger partial charge in [-0.2, -0.15) is 23.0 Å². The molecule has 12 aromatic rings. The Morgan fingerprint density at radius 3 is 1.42 bits per heavy atom. The van der Waals surface area contributed by atoms with Crippen LogP contribution in [0.2, 0.25) is 0 Å². The Balaban J connectivity index is 0.000000158. The third-order valence-electron chi connectivity index (χ3n) is 23.0. The number of H-pyrrole nitrogens is 2. The Bertz CT molecular complexity index is 5890. The number of amides is 2. The van der Waals surface area contributed by atoms with E-state index in [9.17, 15) is 32.8 Å². The van der Waals surface area contributed by atoms with Crippen LogP contribution in [-0.2, 0) is 75.4 Å². The molecule has 4 fully saturated rings. The molecule has 0 spiro atoms. The molecule has 12 heterocycles. The minimum atomic E-state index is -0.784. The Morgan fingerprint density at radius 2 is 1.05 bits per heavy atom. The van der Waals surface area contributed by atoms with Crippen molar-refractivity contribution in [3.8, 4) is 23.0 Å². The Morgan fingerprint density at radius 1 is 0.604 bits per heavy atom. The third kappa shape index (κ3) is 13.8. The molecule has 2 N–H and O–H groups in total. The van der Waals surface area contributed by atoms with Gasteiger partial charge in [-0.05, 0) is 193 Å². The van der Waals surface area contributed by atoms with Gasteiger partial charge >= 0.3 is 57.4 Å². The van der Waals surface area contributed by atoms with Gasteiger partial charge in [0.2, 0.25) is 0 Å². The van der Waals surface area contributed by atoms with Crippen LogP contribution < -0.4 is 22.9 Å². The number of aromatic nitrogens is 14. The van der Waals surface area contributed by atoms with Crippen LogP contribution in [0.4, 0.5) is 8.78 Å². The molecule has 2 amide bonds. The average molecular weight is 1740 g/mol. The number of nitrogens with one attached hydrogen (secondary N) is 2. The maximum atomic E-state index is 15.0. The second kappa shape index (κ2) is 29.4. The van der Waals surface area contributed by atoms with E-state index in [-0.39, 0.29) is 71.0 Å². The van der Waals surface area contributed by atoms with Gasteiger partial charge < -0.3 is 44.0 Å². The van der Waals surface area contributed by atoms with E-state index in [0.717, 1.165) is 81.1 Å². The summed E-state index contributed by atoms with van der Waals surface area (Å²) in [4.78, 5) is 89.9. The molecule has 2 saturated heterocycles. The number of benzene rings is 4. The molecular formula is C80H86BrF2IN16O10Zn. The molecule has 4 aromatic carbocycles. The van der Waals surface area contributed by atoms with E-state index in [4.69, 9.17) is 28.7 Å². The van der Waals surface area contributed by atoms with Crippen LogP contribution in [0.1, 0.15) is 169 Å². The molecule has 111 heavy (non-hydrogen) atoms. The van der Waals surface area contributed by atoms with Gasteiger partial charge in [-0.1, -0.05) is 46.2 Å². The van der Waals surface area contributed by atoms with Crippen LogP contribution in [0.25, 0.3) is 44.8 Å². The predicted octanol–water partition coefficient (Wildman–Crippen LogP) is 12.6. The monoisotopic (exact) mass is 1740 g/mol. The molecule has 576 valence electrons. The van der Waals surface area contributed by atoms with E-state index in [2.05, 4.69) is 122 Å². The van der Waals surface area contributed by atoms with Crippen LogP contribution in [0.5, 0.6) is 0 Å². The van der Waals surface area contributed by atoms with Gasteiger partial charge in [0.25, 0.3) is 11.8 Å². The standard InChI is InChI=1S/C40H43FN8O5.C33H30BrFN8O4.C7H13O.HI.Zn/c1-22-15-28(16-23(2)33(22)41)49-34(47-13-12-45(6)38(47)52)29-21-46(11-9-30(29)43-49)35(50)32-18-27-17-25(26-10-14-53-39(4,5)20-26)7-8-31(27)48(32)40(19-24(40)3)36-42-37(51)54-44-36;1-17-11-22(12-18(2)27(17)35)43-28(41-10-9-39(4)32(41)46)23-16-40(8-7-24(23)37-43)29(44)26-14-20-13-21(34)5-6-25(20)42(26)33(15-19(33)3)30-36-31(45)47-38-30;1-7(2)5-3-4-6-8-7;;/h7-8,12-13,15-18,24,26H,9-11,14,19-21H2,1-6H3,(H,42,44,51);5-6,9-14,19H,7-8,15-16H2,1-4H3,(H,36,38,45);3H,4-6H2,1-2H3;1H;/q;;-1;;+2/p-1/t24-,26?,40-;19-,33-;;;/m00.../s1. The summed E-state index contributed by atoms with van der Waals surface area (Å²) >= 11 is 7.18. The first-order chi connectivity index (χ1) is 52.9. The van der Waals surface area contributed by atoms with Gasteiger partial charge in [-0.15, -0.1) is 0 Å². The molecule has 31 heteroatoms. The quantitative estimate of drug-likeness (QED) is 0.0692. The van der Waals surface area contributed by atoms with Crippen molar-refractivity contribution in [3.05, 3.63) is 236 Å². The summed E-state index contributed by atoms with van der Waals surface area (Å²) in [5, 5.41) is 19.9. The van der Waals surface area contributed by atoms with Crippen LogP contribution in [-0.4, -0.2) is 126 Å². The predicted molar refractivity (Wildman–Crippen MR) is 419 cm³/mol. The summed E-state index contributed by atoms with van der Waals surface area (Å²) in [6.07, 6.45) is 15.2. The number of carbonyl (C=O) groups excluding carboxylic acids is 2. The normalized spacial score (nSPS) is 20.9. The number of nitrogens with zero attached hydrogens (tertiary/aromatic N) is 14. The van der Waals surface area contributed by atoms with Crippen LogP contribution >= 0.6 is 35.7 Å². The number of hydrogen-bond acceptors (Lipinski definition) is 14. The van der Waals surface area contributed by atoms with Crippen molar-refractivity contribution in [2.75, 3.05) is 26.3 Å². The summed E-state index contributed by atoms with van der Waals surface area (Å²) < 4.78 is 65.0. The van der Waals surface area contributed by atoms with Gasteiger partial charge in [0.1, 0.15) is 45.7 Å². The van der Waals surface area contributed by atoms with Crippen LogP contribution in [0.3, 0.4) is 0 Å². The zero-order chi connectivity index (χ0) is 78.8. The number of hydrogen-bond donors (Lipinski definition) is 2. The van der Waals surface area contributed by atoms with E-state index in [1.54, 1.807) is 110 Å². The number of carbonyl (C=O) groups is 2. The number of aromatic amines is 2. The number of ether oxygens (including phenoxy) is 2. The van der Waals surface area contributed by atoms with E-state index < -0.39 is 22.6 Å². The average Bonchev–Trinajstić information content (AvgIpc) is 1.53. The summed E-state index contributed by atoms with van der Waals surface area (Å²) in [6.45, 7) is 22.2. The molecule has 26 nitrogen and oxygen atoms in total. The van der Waals surface area contributed by atoms with Crippen LogP contribution in [0, 0.1) is 57.6 Å². The van der Waals surface area contributed by atoms with Gasteiger partial charge in [0, 0.05) is 121 Å². The molecular weight excluding hydrogens is 1660 g/mol. The van der Waals surface area contributed by atoms with Gasteiger partial charge in [0.05, 0.1) is 41.5 Å². The Labute approximate surface area is 666 Å². The SMILES string of the molecule is CC1(C)C[CH-]CCO1.Cc1cc(-n2nc3c(c2-n2ccn(C)c2=O)CN(C(=O)c2cc4cc(Br)ccc4n2[C@@]2(c4noc(=O)[nH]4)C[C@@H]2C)CC3)cc(C)c1F.Cc1cc(-n2nc3c(c2-n2ccn(C)c2=O)CN(C(=O)c2cc4cc(C5CCOC(C)(C)C5)ccc4n2[C@@]2(c4noc(=O)[nH]4)C[C@@H]2C)CC3)cc(C)c1F.[Zn+][I]. The Hall–Kier alpha value is -9.17. The van der Waals surface area contributed by atoms with Crippen molar-refractivity contribution in [2.45, 2.75) is 162 Å². The zero-order valence-corrected chi connectivity index (χ0v) is 70.7. The van der Waals surface area contributed by atoms with E-state index in [1.165, 1.54) is 38.6 Å². The number of halogens is 4. The van der Waals surface area contributed by atoms with Crippen molar-refractivity contribution in [3.63, 3.8) is 0 Å². The molecule has 6 aliphatic rings. The minimum absolute atomic E-state index is 0.0572. The fourth-order valence-electron chi connectivity index (χ4n) is 17.0. The molecule has 0 bridgehead atoms. The summed E-state index contributed by atoms with van der Waals surface area (Å²) in [5.74, 6) is -0.0594. The summed E-state index contributed by atoms with van der Waals surface area (Å²) in [6, 6.07) is 22.9. The first kappa shape index (κ1) is 77.2. The second-order valence-corrected chi connectivity index (χ2v) is 32.5. The van der Waals surface area contributed by atoms with Crippen molar-refractivity contribution >= 4 is 69.3 Å². The molecule has 0 radical (unpaired) electrons. The van der Waals surface area contributed by atoms with Crippen molar-refractivity contribution < 1.29 is 51.7 Å². The fourth-order valence-corrected chi connectivity index (χ4v) is 17.4. The summed E-state index contributed by atoms with van der Waals surface area (Å²) in [7, 11) is 3.35. The van der Waals surface area contributed by atoms with Crippen LogP contribution in [0.15, 0.2) is 130 Å². The second-order valence-electron chi connectivity index (χ2n) is 31.6. The molecule has 2 aliphatic carbocycles. The van der Waals surface area contributed by atoms with Gasteiger partial charge in [-0.25, -0.2) is 37.3 Å². The third-order valence-corrected chi connectivity index (χ3v) is 23.5. The molecule has 5 atom stereocenters. The van der Waals surface area contributed by atoms with E-state index in [1.807, 2.05) is 39.5 Å². The van der Waals surface area contributed by atoms with Gasteiger partial charge in [0.15, 0.2) is 11.6 Å². The Kier molecular flexibility index (Phi) is 20.5. The summed E-state index contributed by atoms with van der Waals surface area (Å²) in [5.41, 5.74) is 7.73. The molecule has 4 aliphatic heterocycles. The topological polar surface area (TPSA) is 276 Å². The van der Waals surface area contributed by atoms with E-state index >= 15 is 4.79 Å². The molecule has 2 saturated carbocycles. The fraction of sp³-hybridized carbons (Fsp3) is 0.412. The number of imidazole rings is 2. The van der Waals surface area contributed by atoms with Crippen molar-refractivity contribution in [1.82, 2.24) is 77.0 Å². The molecule has 18 rings (SSSR count).